The van der Waals surface area contributed by atoms with Gasteiger partial charge < -0.3 is 19.9 Å². The summed E-state index contributed by atoms with van der Waals surface area (Å²) in [6.45, 7) is 3.25. The highest BCUT2D eigenvalue weighted by atomic mass is 16.5. The first kappa shape index (κ1) is 11.3. The van der Waals surface area contributed by atoms with Gasteiger partial charge in [-0.15, -0.1) is 0 Å². The molecular formula is C11H21NO3. The van der Waals surface area contributed by atoms with Gasteiger partial charge in [-0.25, -0.2) is 0 Å². The Kier molecular flexibility index (Phi) is 4.38. The van der Waals surface area contributed by atoms with Gasteiger partial charge in [0.15, 0.2) is 0 Å². The molecule has 2 N–H and O–H groups in total. The molecule has 1 aliphatic heterocycles. The Balaban J connectivity index is 1.53. The van der Waals surface area contributed by atoms with Gasteiger partial charge in [0.2, 0.25) is 0 Å². The molecule has 2 rings (SSSR count). The Labute approximate surface area is 90.9 Å². The van der Waals surface area contributed by atoms with Gasteiger partial charge in [0.25, 0.3) is 0 Å². The van der Waals surface area contributed by atoms with Crippen molar-refractivity contribution in [1.82, 2.24) is 5.32 Å². The van der Waals surface area contributed by atoms with E-state index in [1.54, 1.807) is 0 Å². The SMILES string of the molecule is OCC(COCC1CCOC1)NC1CC1. The van der Waals surface area contributed by atoms with Crippen LogP contribution in [0.2, 0.25) is 0 Å². The van der Waals surface area contributed by atoms with Crippen molar-refractivity contribution in [2.24, 2.45) is 5.92 Å². The highest BCUT2D eigenvalue weighted by Crippen LogP contribution is 2.19. The third-order valence-corrected chi connectivity index (χ3v) is 2.97. The molecule has 0 spiro atoms. The first-order valence-corrected chi connectivity index (χ1v) is 5.91. The number of rotatable bonds is 7. The molecule has 2 aliphatic rings. The van der Waals surface area contributed by atoms with Gasteiger partial charge in [0.05, 0.1) is 32.5 Å². The van der Waals surface area contributed by atoms with E-state index in [9.17, 15) is 0 Å². The molecule has 1 aliphatic carbocycles. The van der Waals surface area contributed by atoms with E-state index in [4.69, 9.17) is 14.6 Å². The average Bonchev–Trinajstić information content (AvgIpc) is 2.91. The summed E-state index contributed by atoms with van der Waals surface area (Å²) in [5, 5.41) is 12.5. The van der Waals surface area contributed by atoms with Crippen molar-refractivity contribution in [1.29, 1.82) is 0 Å². The Hall–Kier alpha value is -0.160. The molecule has 0 aromatic heterocycles. The molecule has 0 amide bonds. The van der Waals surface area contributed by atoms with E-state index in [1.165, 1.54) is 12.8 Å². The molecule has 0 bridgehead atoms. The summed E-state index contributed by atoms with van der Waals surface area (Å²) in [4.78, 5) is 0. The predicted octanol–water partition coefficient (Wildman–Crippen LogP) is 0.152. The second-order valence-corrected chi connectivity index (χ2v) is 4.59. The van der Waals surface area contributed by atoms with Crippen LogP contribution in [0.5, 0.6) is 0 Å². The van der Waals surface area contributed by atoms with E-state index >= 15 is 0 Å². The van der Waals surface area contributed by atoms with E-state index in [1.807, 2.05) is 0 Å². The van der Waals surface area contributed by atoms with Crippen LogP contribution in [0.15, 0.2) is 0 Å². The number of ether oxygens (including phenoxy) is 2. The third kappa shape index (κ3) is 4.07. The van der Waals surface area contributed by atoms with Crippen LogP contribution in [-0.4, -0.2) is 50.2 Å². The van der Waals surface area contributed by atoms with Crippen molar-refractivity contribution < 1.29 is 14.6 Å². The number of aliphatic hydroxyl groups is 1. The Bertz CT molecular complexity index is 179. The fraction of sp³-hybridized carbons (Fsp3) is 1.00. The molecule has 4 heteroatoms. The molecule has 0 aromatic rings. The molecule has 1 heterocycles. The number of hydrogen-bond donors (Lipinski definition) is 2. The summed E-state index contributed by atoms with van der Waals surface area (Å²) in [5.74, 6) is 0.560. The lowest BCUT2D eigenvalue weighted by Crippen LogP contribution is -2.38. The first-order valence-electron chi connectivity index (χ1n) is 5.91. The lowest BCUT2D eigenvalue weighted by molar-refractivity contribution is 0.0601. The van der Waals surface area contributed by atoms with Crippen molar-refractivity contribution in [2.45, 2.75) is 31.3 Å². The molecule has 2 unspecified atom stereocenters. The summed E-state index contributed by atoms with van der Waals surface area (Å²) in [6, 6.07) is 0.736. The van der Waals surface area contributed by atoms with Gasteiger partial charge in [-0.3, -0.25) is 0 Å². The largest absolute Gasteiger partial charge is 0.395 e. The zero-order valence-corrected chi connectivity index (χ0v) is 9.15. The molecule has 15 heavy (non-hydrogen) atoms. The van der Waals surface area contributed by atoms with Gasteiger partial charge in [-0.2, -0.15) is 0 Å². The second-order valence-electron chi connectivity index (χ2n) is 4.59. The van der Waals surface area contributed by atoms with Crippen LogP contribution in [-0.2, 0) is 9.47 Å². The zero-order chi connectivity index (χ0) is 10.5. The maximum atomic E-state index is 9.13. The minimum Gasteiger partial charge on any atom is -0.395 e. The minimum atomic E-state index is 0.111. The number of hydrogen-bond acceptors (Lipinski definition) is 4. The standard InChI is InChI=1S/C11H21NO3/c13-5-11(12-10-1-2-10)8-15-7-9-3-4-14-6-9/h9-13H,1-8H2. The van der Waals surface area contributed by atoms with E-state index in [0.717, 1.165) is 26.2 Å². The van der Waals surface area contributed by atoms with E-state index in [0.29, 0.717) is 18.6 Å². The van der Waals surface area contributed by atoms with Crippen molar-refractivity contribution in [3.8, 4) is 0 Å². The summed E-state index contributed by atoms with van der Waals surface area (Å²) in [7, 11) is 0. The van der Waals surface area contributed by atoms with E-state index < -0.39 is 0 Å². The van der Waals surface area contributed by atoms with Gasteiger partial charge in [-0.05, 0) is 19.3 Å². The summed E-state index contributed by atoms with van der Waals surface area (Å²) in [6.07, 6.45) is 3.60. The van der Waals surface area contributed by atoms with Crippen LogP contribution in [0.25, 0.3) is 0 Å². The van der Waals surface area contributed by atoms with Crippen molar-refractivity contribution in [2.75, 3.05) is 33.0 Å². The van der Waals surface area contributed by atoms with Gasteiger partial charge in [-0.1, -0.05) is 0 Å². The third-order valence-electron chi connectivity index (χ3n) is 2.97. The van der Waals surface area contributed by atoms with Gasteiger partial charge >= 0.3 is 0 Å². The Morgan fingerprint density at radius 1 is 1.40 bits per heavy atom. The average molecular weight is 215 g/mol. The molecular weight excluding hydrogens is 194 g/mol. The Morgan fingerprint density at radius 3 is 2.87 bits per heavy atom. The molecule has 2 atom stereocenters. The molecule has 1 saturated carbocycles. The van der Waals surface area contributed by atoms with E-state index in [2.05, 4.69) is 5.32 Å². The van der Waals surface area contributed by atoms with Crippen molar-refractivity contribution in [3.63, 3.8) is 0 Å². The second kappa shape index (κ2) is 5.80. The first-order chi connectivity index (χ1) is 7.38. The fourth-order valence-corrected chi connectivity index (χ4v) is 1.83. The molecule has 0 aromatic carbocycles. The van der Waals surface area contributed by atoms with Gasteiger partial charge in [0, 0.05) is 18.6 Å². The molecule has 88 valence electrons. The van der Waals surface area contributed by atoms with Crippen LogP contribution in [0.1, 0.15) is 19.3 Å². The van der Waals surface area contributed by atoms with Crippen molar-refractivity contribution in [3.05, 3.63) is 0 Å². The van der Waals surface area contributed by atoms with E-state index in [-0.39, 0.29) is 12.6 Å². The smallest absolute Gasteiger partial charge is 0.0642 e. The van der Waals surface area contributed by atoms with Crippen molar-refractivity contribution >= 4 is 0 Å². The number of nitrogens with one attached hydrogen (secondary N) is 1. The van der Waals surface area contributed by atoms with Crippen LogP contribution in [0.4, 0.5) is 0 Å². The lowest BCUT2D eigenvalue weighted by Gasteiger charge is -2.17. The quantitative estimate of drug-likeness (QED) is 0.635. The monoisotopic (exact) mass is 215 g/mol. The lowest BCUT2D eigenvalue weighted by atomic mass is 10.1. The maximum absolute atomic E-state index is 9.13. The summed E-state index contributed by atoms with van der Waals surface area (Å²) < 4.78 is 10.9. The molecule has 0 radical (unpaired) electrons. The predicted molar refractivity (Wildman–Crippen MR) is 56.8 cm³/mol. The summed E-state index contributed by atoms with van der Waals surface area (Å²) in [5.41, 5.74) is 0. The van der Waals surface area contributed by atoms with Crippen LogP contribution in [0.3, 0.4) is 0 Å². The zero-order valence-electron chi connectivity index (χ0n) is 9.15. The highest BCUT2D eigenvalue weighted by molar-refractivity contribution is 4.84. The number of aliphatic hydroxyl groups excluding tert-OH is 1. The van der Waals surface area contributed by atoms with Crippen LogP contribution >= 0.6 is 0 Å². The topological polar surface area (TPSA) is 50.7 Å². The molecule has 2 fully saturated rings. The normalized spacial score (nSPS) is 28.2. The highest BCUT2D eigenvalue weighted by Gasteiger charge is 2.24. The Morgan fingerprint density at radius 2 is 2.27 bits per heavy atom. The molecule has 1 saturated heterocycles. The summed E-state index contributed by atoms with van der Waals surface area (Å²) >= 11 is 0. The minimum absolute atomic E-state index is 0.111. The van der Waals surface area contributed by atoms with Crippen LogP contribution in [0, 0.1) is 5.92 Å². The fourth-order valence-electron chi connectivity index (χ4n) is 1.83. The molecule has 4 nitrogen and oxygen atoms in total. The van der Waals surface area contributed by atoms with Gasteiger partial charge in [0.1, 0.15) is 0 Å². The van der Waals surface area contributed by atoms with Crippen LogP contribution < -0.4 is 5.32 Å². The maximum Gasteiger partial charge on any atom is 0.0642 e.